The van der Waals surface area contributed by atoms with E-state index in [0.29, 0.717) is 17.6 Å². The second-order valence-electron chi connectivity index (χ2n) is 7.51. The number of thiophene rings is 1. The smallest absolute Gasteiger partial charge is 0.231 e. The molecular formula is C21H20N6O3S. The first kappa shape index (κ1) is 18.4. The van der Waals surface area contributed by atoms with Crippen LogP contribution in [-0.2, 0) is 0 Å². The third-order valence-electron chi connectivity index (χ3n) is 5.64. The van der Waals surface area contributed by atoms with Crippen molar-refractivity contribution in [1.29, 1.82) is 0 Å². The average Bonchev–Trinajstić information content (AvgIpc) is 3.59. The first-order chi connectivity index (χ1) is 15.3. The Kier molecular flexibility index (Phi) is 4.39. The first-order valence-electron chi connectivity index (χ1n) is 10.1. The maximum atomic E-state index is 9.71. The van der Waals surface area contributed by atoms with Crippen LogP contribution in [0.2, 0.25) is 0 Å². The molecule has 0 unspecified atom stereocenters. The minimum Gasteiger partial charge on any atom is -0.454 e. The lowest BCUT2D eigenvalue weighted by Gasteiger charge is -2.23. The van der Waals surface area contributed by atoms with E-state index in [4.69, 9.17) is 19.4 Å². The van der Waals surface area contributed by atoms with Crippen LogP contribution in [0, 0.1) is 0 Å². The zero-order valence-electron chi connectivity index (χ0n) is 16.6. The lowest BCUT2D eigenvalue weighted by atomic mass is 10.2. The van der Waals surface area contributed by atoms with Gasteiger partial charge in [0, 0.05) is 12.6 Å². The van der Waals surface area contributed by atoms with Crippen LogP contribution in [0.3, 0.4) is 0 Å². The zero-order chi connectivity index (χ0) is 20.8. The van der Waals surface area contributed by atoms with Crippen molar-refractivity contribution in [2.24, 2.45) is 0 Å². The van der Waals surface area contributed by atoms with Gasteiger partial charge in [0.1, 0.15) is 22.8 Å². The number of nitrogens with zero attached hydrogens (tertiary/aromatic N) is 5. The largest absolute Gasteiger partial charge is 0.454 e. The second kappa shape index (κ2) is 7.40. The molecule has 31 heavy (non-hydrogen) atoms. The summed E-state index contributed by atoms with van der Waals surface area (Å²) in [6.07, 6.45) is 5.63. The highest BCUT2D eigenvalue weighted by Crippen LogP contribution is 2.34. The number of fused-ring (bicyclic) bond motifs is 2. The molecule has 0 amide bonds. The average molecular weight is 436 g/mol. The summed E-state index contributed by atoms with van der Waals surface area (Å²) in [6.45, 7) is 1.20. The molecule has 5 heterocycles. The molecule has 10 heteroatoms. The van der Waals surface area contributed by atoms with Crippen LogP contribution in [0.4, 0.5) is 17.6 Å². The first-order valence-corrected chi connectivity index (χ1v) is 11.0. The van der Waals surface area contributed by atoms with Gasteiger partial charge in [0.15, 0.2) is 11.5 Å². The van der Waals surface area contributed by atoms with E-state index < -0.39 is 0 Å². The highest BCUT2D eigenvalue weighted by atomic mass is 32.1. The van der Waals surface area contributed by atoms with E-state index in [1.54, 1.807) is 17.7 Å². The highest BCUT2D eigenvalue weighted by molar-refractivity contribution is 7.16. The van der Waals surface area contributed by atoms with E-state index in [0.717, 1.165) is 46.8 Å². The fourth-order valence-corrected chi connectivity index (χ4v) is 4.81. The second-order valence-corrected chi connectivity index (χ2v) is 8.41. The number of aliphatic hydroxyl groups is 1. The molecule has 0 aliphatic carbocycles. The van der Waals surface area contributed by atoms with Crippen molar-refractivity contribution in [1.82, 2.24) is 19.5 Å². The summed E-state index contributed by atoms with van der Waals surface area (Å²) < 4.78 is 12.8. The van der Waals surface area contributed by atoms with E-state index in [9.17, 15) is 5.11 Å². The fraction of sp³-hybridized carbons (Fsp3) is 0.286. The zero-order valence-corrected chi connectivity index (χ0v) is 17.4. The van der Waals surface area contributed by atoms with Crippen molar-refractivity contribution in [3.63, 3.8) is 0 Å². The number of ether oxygens (including phenoxy) is 2. The molecule has 2 aliphatic heterocycles. The van der Waals surface area contributed by atoms with Gasteiger partial charge in [-0.25, -0.2) is 9.97 Å². The molecule has 9 nitrogen and oxygen atoms in total. The Morgan fingerprint density at radius 2 is 2.13 bits per heavy atom. The van der Waals surface area contributed by atoms with Gasteiger partial charge in [-0.05, 0) is 36.4 Å². The van der Waals surface area contributed by atoms with Crippen LogP contribution in [0.15, 0.2) is 42.2 Å². The molecule has 2 N–H and O–H groups in total. The molecule has 3 aromatic heterocycles. The van der Waals surface area contributed by atoms with E-state index >= 15 is 0 Å². The summed E-state index contributed by atoms with van der Waals surface area (Å²) >= 11 is 1.58. The van der Waals surface area contributed by atoms with Crippen molar-refractivity contribution in [3.8, 4) is 17.2 Å². The maximum Gasteiger partial charge on any atom is 0.231 e. The quantitative estimate of drug-likeness (QED) is 0.492. The molecule has 0 spiro atoms. The van der Waals surface area contributed by atoms with Crippen LogP contribution < -0.4 is 19.7 Å². The minimum atomic E-state index is 0.0653. The van der Waals surface area contributed by atoms with Crippen LogP contribution in [-0.4, -0.2) is 50.6 Å². The van der Waals surface area contributed by atoms with E-state index in [1.807, 2.05) is 40.4 Å². The summed E-state index contributed by atoms with van der Waals surface area (Å²) in [6, 6.07) is 7.85. The van der Waals surface area contributed by atoms with Crippen LogP contribution in [0.25, 0.3) is 15.9 Å². The number of aromatic nitrogens is 4. The number of nitrogens with one attached hydrogen (secondary N) is 1. The molecule has 0 bridgehead atoms. The van der Waals surface area contributed by atoms with Gasteiger partial charge in [-0.1, -0.05) is 0 Å². The molecule has 0 saturated carbocycles. The molecule has 0 radical (unpaired) electrons. The standard InChI is InChI=1S/C21H20N6O3S/c28-10-14-2-1-6-27(14)21-24-19(15-5-7-31-20(15)25-21)23-18-9-26(11-22-18)13-3-4-16-17(8-13)30-12-29-16/h3-5,7-9,11,14,28H,1-2,6,10,12H2,(H,23,24,25)/t14-/m0/s1. The topological polar surface area (TPSA) is 97.6 Å². The molecule has 1 aromatic carbocycles. The minimum absolute atomic E-state index is 0.0653. The number of aliphatic hydroxyl groups excluding tert-OH is 1. The molecule has 1 atom stereocenters. The number of anilines is 3. The molecule has 158 valence electrons. The third kappa shape index (κ3) is 3.24. The van der Waals surface area contributed by atoms with Gasteiger partial charge >= 0.3 is 0 Å². The molecule has 2 aliphatic rings. The lowest BCUT2D eigenvalue weighted by Crippen LogP contribution is -2.33. The van der Waals surface area contributed by atoms with Gasteiger partial charge in [0.2, 0.25) is 12.7 Å². The third-order valence-corrected chi connectivity index (χ3v) is 6.45. The molecule has 4 aromatic rings. The number of hydrogen-bond donors (Lipinski definition) is 2. The van der Waals surface area contributed by atoms with Crippen molar-refractivity contribution in [2.75, 3.05) is 30.2 Å². The predicted octanol–water partition coefficient (Wildman–Crippen LogP) is 3.31. The van der Waals surface area contributed by atoms with E-state index in [2.05, 4.69) is 15.2 Å². The predicted molar refractivity (Wildman–Crippen MR) is 118 cm³/mol. The summed E-state index contributed by atoms with van der Waals surface area (Å²) in [5, 5.41) is 16.0. The van der Waals surface area contributed by atoms with Gasteiger partial charge in [-0.3, -0.25) is 0 Å². The molecule has 1 saturated heterocycles. The van der Waals surface area contributed by atoms with E-state index in [-0.39, 0.29) is 19.4 Å². The monoisotopic (exact) mass is 436 g/mol. The molecule has 6 rings (SSSR count). The Balaban J connectivity index is 1.32. The lowest BCUT2D eigenvalue weighted by molar-refractivity contribution is 0.174. The SMILES string of the molecule is OC[C@@H]1CCCN1c1nc(Nc2cn(-c3ccc4c(c3)OCO4)cn2)c2ccsc2n1. The Labute approximate surface area is 181 Å². The van der Waals surface area contributed by atoms with Crippen LogP contribution >= 0.6 is 11.3 Å². The van der Waals surface area contributed by atoms with Crippen molar-refractivity contribution in [2.45, 2.75) is 18.9 Å². The van der Waals surface area contributed by atoms with Crippen molar-refractivity contribution < 1.29 is 14.6 Å². The number of imidazole rings is 1. The van der Waals surface area contributed by atoms with Gasteiger partial charge < -0.3 is 29.4 Å². The van der Waals surface area contributed by atoms with Crippen molar-refractivity contribution in [3.05, 3.63) is 42.2 Å². The van der Waals surface area contributed by atoms with Crippen LogP contribution in [0.1, 0.15) is 12.8 Å². The normalized spacial score (nSPS) is 17.6. The highest BCUT2D eigenvalue weighted by Gasteiger charge is 2.27. The van der Waals surface area contributed by atoms with Crippen LogP contribution in [0.5, 0.6) is 11.5 Å². The Morgan fingerprint density at radius 1 is 1.19 bits per heavy atom. The molecular weight excluding hydrogens is 416 g/mol. The Bertz CT molecular complexity index is 1260. The van der Waals surface area contributed by atoms with Gasteiger partial charge in [-0.15, -0.1) is 11.3 Å². The van der Waals surface area contributed by atoms with Gasteiger partial charge in [0.25, 0.3) is 0 Å². The summed E-state index contributed by atoms with van der Waals surface area (Å²) in [5.74, 6) is 3.50. The number of benzene rings is 1. The number of rotatable bonds is 5. The van der Waals surface area contributed by atoms with Gasteiger partial charge in [0.05, 0.1) is 29.9 Å². The van der Waals surface area contributed by atoms with Crippen molar-refractivity contribution >= 4 is 39.1 Å². The summed E-state index contributed by atoms with van der Waals surface area (Å²) in [4.78, 5) is 17.0. The number of hydrogen-bond acceptors (Lipinski definition) is 9. The fourth-order valence-electron chi connectivity index (χ4n) is 4.05. The Hall–Kier alpha value is -3.37. The van der Waals surface area contributed by atoms with E-state index in [1.165, 1.54) is 0 Å². The summed E-state index contributed by atoms with van der Waals surface area (Å²) in [7, 11) is 0. The Morgan fingerprint density at radius 3 is 3.06 bits per heavy atom. The van der Waals surface area contributed by atoms with Gasteiger partial charge in [-0.2, -0.15) is 4.98 Å². The summed E-state index contributed by atoms with van der Waals surface area (Å²) in [5.41, 5.74) is 0.928. The maximum absolute atomic E-state index is 9.71. The molecule has 1 fully saturated rings.